The summed E-state index contributed by atoms with van der Waals surface area (Å²) in [6.07, 6.45) is 1.33. The molecule has 0 radical (unpaired) electrons. The minimum absolute atomic E-state index is 0.128. The van der Waals surface area contributed by atoms with E-state index in [1.807, 2.05) is 0 Å². The van der Waals surface area contributed by atoms with E-state index >= 15 is 0 Å². The van der Waals surface area contributed by atoms with E-state index < -0.39 is 0 Å². The summed E-state index contributed by atoms with van der Waals surface area (Å²) in [6, 6.07) is 6.95. The highest BCUT2D eigenvalue weighted by molar-refractivity contribution is 6.31. The third-order valence-electron chi connectivity index (χ3n) is 1.79. The van der Waals surface area contributed by atoms with E-state index in [9.17, 15) is 0 Å². The van der Waals surface area contributed by atoms with E-state index in [0.29, 0.717) is 16.4 Å². The number of benzene rings is 1. The number of rotatable bonds is 2. The lowest BCUT2D eigenvalue weighted by Gasteiger charge is -2.04. The Hall–Kier alpha value is -2.08. The van der Waals surface area contributed by atoms with Crippen molar-refractivity contribution in [1.29, 1.82) is 0 Å². The van der Waals surface area contributed by atoms with Crippen molar-refractivity contribution in [2.75, 3.05) is 5.32 Å². The molecule has 0 aliphatic carbocycles. The molecule has 0 aliphatic heterocycles. The molecule has 82 valence electrons. The molecule has 6 nitrogen and oxygen atoms in total. The fourth-order valence-corrected chi connectivity index (χ4v) is 1.30. The topological polar surface area (TPSA) is 83.5 Å². The number of nitrogens with zero attached hydrogens (tertiary/aromatic N) is 3. The molecule has 0 aliphatic rings. The van der Waals surface area contributed by atoms with Crippen LogP contribution in [0, 0.1) is 0 Å². The van der Waals surface area contributed by atoms with Gasteiger partial charge in [0.1, 0.15) is 6.20 Å². The second-order valence-corrected chi connectivity index (χ2v) is 3.31. The smallest absolute Gasteiger partial charge is 0.201 e. The van der Waals surface area contributed by atoms with Crippen molar-refractivity contribution in [2.24, 2.45) is 5.16 Å². The zero-order chi connectivity index (χ0) is 11.4. The van der Waals surface area contributed by atoms with Crippen molar-refractivity contribution in [3.63, 3.8) is 0 Å². The number of nitrogens with one attached hydrogen (secondary N) is 1. The molecule has 0 fully saturated rings. The van der Waals surface area contributed by atoms with Crippen LogP contribution in [-0.2, 0) is 0 Å². The molecular weight excluding hydrogens is 232 g/mol. The lowest BCUT2D eigenvalue weighted by atomic mass is 10.3. The maximum atomic E-state index is 8.81. The Balaban J connectivity index is 2.21. The lowest BCUT2D eigenvalue weighted by molar-refractivity contribution is 0.303. The molecule has 0 amide bonds. The fraction of sp³-hybridized carbons (Fsp3) is 0. The molecule has 0 saturated carbocycles. The van der Waals surface area contributed by atoms with Crippen molar-refractivity contribution in [2.45, 2.75) is 0 Å². The van der Waals surface area contributed by atoms with E-state index in [2.05, 4.69) is 25.4 Å². The average Bonchev–Trinajstić information content (AvgIpc) is 2.79. The summed E-state index contributed by atoms with van der Waals surface area (Å²) in [7, 11) is 0. The number of anilines is 1. The quantitative estimate of drug-likeness (QED) is 0.362. The highest BCUT2D eigenvalue weighted by atomic mass is 35.5. The van der Waals surface area contributed by atoms with Crippen molar-refractivity contribution in [3.05, 3.63) is 41.2 Å². The normalized spacial score (nSPS) is 11.4. The molecule has 1 heterocycles. The van der Waals surface area contributed by atoms with Crippen LogP contribution in [0.5, 0.6) is 0 Å². The van der Waals surface area contributed by atoms with E-state index in [1.54, 1.807) is 24.3 Å². The van der Waals surface area contributed by atoms with Gasteiger partial charge in [-0.05, 0) is 23.4 Å². The maximum Gasteiger partial charge on any atom is 0.201 e. The van der Waals surface area contributed by atoms with E-state index in [0.717, 1.165) is 0 Å². The van der Waals surface area contributed by atoms with Gasteiger partial charge in [-0.3, -0.25) is 0 Å². The molecule has 2 aromatic rings. The van der Waals surface area contributed by atoms with Crippen LogP contribution in [0.2, 0.25) is 5.02 Å². The predicted octanol–water partition coefficient (Wildman–Crippen LogP) is 1.97. The molecule has 1 aromatic heterocycles. The summed E-state index contributed by atoms with van der Waals surface area (Å²) in [6.45, 7) is 0. The van der Waals surface area contributed by atoms with Gasteiger partial charge < -0.3 is 10.5 Å². The first-order valence-electron chi connectivity index (χ1n) is 4.32. The number of oxime groups is 1. The van der Waals surface area contributed by atoms with Crippen molar-refractivity contribution in [1.82, 2.24) is 10.3 Å². The van der Waals surface area contributed by atoms with Crippen LogP contribution in [0.15, 0.2) is 40.2 Å². The van der Waals surface area contributed by atoms with Gasteiger partial charge in [0, 0.05) is 10.7 Å². The van der Waals surface area contributed by atoms with Gasteiger partial charge in [0.2, 0.25) is 5.84 Å². The van der Waals surface area contributed by atoms with Crippen LogP contribution in [0.3, 0.4) is 0 Å². The summed E-state index contributed by atoms with van der Waals surface area (Å²) in [5, 5.41) is 22.2. The summed E-state index contributed by atoms with van der Waals surface area (Å²) in [4.78, 5) is 0. The Labute approximate surface area is 95.5 Å². The van der Waals surface area contributed by atoms with Gasteiger partial charge in [-0.2, -0.15) is 0 Å². The SMILES string of the molecule is O/N=C(/Nc1cccc(Cl)c1)c1cnon1. The predicted molar refractivity (Wildman–Crippen MR) is 57.7 cm³/mol. The first-order chi connectivity index (χ1) is 7.79. The molecule has 0 atom stereocenters. The van der Waals surface area contributed by atoms with Crippen LogP contribution in [0.1, 0.15) is 5.69 Å². The fourth-order valence-electron chi connectivity index (χ4n) is 1.11. The van der Waals surface area contributed by atoms with Gasteiger partial charge in [-0.25, -0.2) is 4.63 Å². The number of hydrogen-bond acceptors (Lipinski definition) is 5. The third-order valence-corrected chi connectivity index (χ3v) is 2.03. The minimum atomic E-state index is 0.128. The molecule has 0 bridgehead atoms. The standard InChI is InChI=1S/C9H7ClN4O2/c10-6-2-1-3-7(4-6)12-9(13-15)8-5-11-16-14-8/h1-5,15H,(H,12,13). The van der Waals surface area contributed by atoms with Gasteiger partial charge in [-0.1, -0.05) is 28.0 Å². The van der Waals surface area contributed by atoms with E-state index in [1.165, 1.54) is 6.20 Å². The number of hydrogen-bond donors (Lipinski definition) is 2. The molecular formula is C9H7ClN4O2. The summed E-state index contributed by atoms with van der Waals surface area (Å²) >= 11 is 5.81. The molecule has 16 heavy (non-hydrogen) atoms. The lowest BCUT2D eigenvalue weighted by Crippen LogP contribution is -2.13. The summed E-state index contributed by atoms with van der Waals surface area (Å²) in [5.41, 5.74) is 0.964. The summed E-state index contributed by atoms with van der Waals surface area (Å²) < 4.78 is 4.40. The van der Waals surface area contributed by atoms with Crippen LogP contribution in [0.25, 0.3) is 0 Å². The van der Waals surface area contributed by atoms with Crippen LogP contribution >= 0.6 is 11.6 Å². The zero-order valence-corrected chi connectivity index (χ0v) is 8.72. The van der Waals surface area contributed by atoms with E-state index in [-0.39, 0.29) is 5.84 Å². The molecule has 2 N–H and O–H groups in total. The van der Waals surface area contributed by atoms with Gasteiger partial charge in [0.25, 0.3) is 0 Å². The Kier molecular flexibility index (Phi) is 3.02. The second-order valence-electron chi connectivity index (χ2n) is 2.88. The molecule has 0 unspecified atom stereocenters. The Morgan fingerprint density at radius 2 is 2.38 bits per heavy atom. The third kappa shape index (κ3) is 2.29. The van der Waals surface area contributed by atoms with Crippen molar-refractivity contribution in [3.8, 4) is 0 Å². The molecule has 0 spiro atoms. The highest BCUT2D eigenvalue weighted by Crippen LogP contribution is 2.15. The first kappa shape index (κ1) is 10.4. The molecule has 0 saturated heterocycles. The minimum Gasteiger partial charge on any atom is -0.409 e. The number of aromatic nitrogens is 2. The Bertz CT molecular complexity index is 498. The number of halogens is 1. The van der Waals surface area contributed by atoms with Crippen LogP contribution in [0.4, 0.5) is 5.69 Å². The van der Waals surface area contributed by atoms with Gasteiger partial charge >= 0.3 is 0 Å². The van der Waals surface area contributed by atoms with E-state index in [4.69, 9.17) is 16.8 Å². The molecule has 1 aromatic carbocycles. The number of amidine groups is 1. The Morgan fingerprint density at radius 1 is 1.50 bits per heavy atom. The largest absolute Gasteiger partial charge is 0.409 e. The average molecular weight is 239 g/mol. The van der Waals surface area contributed by atoms with Crippen molar-refractivity contribution < 1.29 is 9.84 Å². The van der Waals surface area contributed by atoms with Gasteiger partial charge in [0.05, 0.1) is 0 Å². The molecule has 7 heteroatoms. The first-order valence-corrected chi connectivity index (χ1v) is 4.70. The monoisotopic (exact) mass is 238 g/mol. The highest BCUT2D eigenvalue weighted by Gasteiger charge is 2.09. The van der Waals surface area contributed by atoms with Crippen LogP contribution < -0.4 is 5.32 Å². The summed E-state index contributed by atoms with van der Waals surface area (Å²) in [5.74, 6) is 0.128. The zero-order valence-electron chi connectivity index (χ0n) is 7.96. The molecule has 2 rings (SSSR count). The van der Waals surface area contributed by atoms with Crippen molar-refractivity contribution >= 4 is 23.1 Å². The van der Waals surface area contributed by atoms with Gasteiger partial charge in [0.15, 0.2) is 5.69 Å². The maximum absolute atomic E-state index is 8.81. The van der Waals surface area contributed by atoms with Crippen LogP contribution in [-0.4, -0.2) is 21.4 Å². The second kappa shape index (κ2) is 4.63. The Morgan fingerprint density at radius 3 is 3.00 bits per heavy atom. The van der Waals surface area contributed by atoms with Gasteiger partial charge in [-0.15, -0.1) is 0 Å².